The first-order valence-corrected chi connectivity index (χ1v) is 9.30. The number of tetrazole rings is 1. The third-order valence-electron chi connectivity index (χ3n) is 4.86. The fourth-order valence-corrected chi connectivity index (χ4v) is 4.92. The fourth-order valence-electron chi connectivity index (χ4n) is 3.78. The van der Waals surface area contributed by atoms with Crippen molar-refractivity contribution in [2.24, 2.45) is 23.7 Å². The van der Waals surface area contributed by atoms with Crippen molar-refractivity contribution in [3.8, 4) is 0 Å². The molecule has 3 unspecified atom stereocenters. The predicted molar refractivity (Wildman–Crippen MR) is 85.2 cm³/mol. The highest BCUT2D eigenvalue weighted by molar-refractivity contribution is 7.99. The molecule has 1 aromatic heterocycles. The smallest absolute Gasteiger partial charge is 0.209 e. The highest BCUT2D eigenvalue weighted by Crippen LogP contribution is 2.49. The number of hydrogen-bond acceptors (Lipinski definition) is 5. The van der Waals surface area contributed by atoms with Crippen LogP contribution >= 0.6 is 11.8 Å². The second kappa shape index (κ2) is 7.09. The molecule has 118 valence electrons. The minimum Gasteiger partial charge on any atom is -0.315 e. The van der Waals surface area contributed by atoms with Gasteiger partial charge in [0.2, 0.25) is 5.16 Å². The molecule has 21 heavy (non-hydrogen) atoms. The van der Waals surface area contributed by atoms with E-state index in [0.717, 1.165) is 42.5 Å². The molecule has 2 saturated carbocycles. The number of rotatable bonds is 8. The first-order valence-electron chi connectivity index (χ1n) is 8.32. The third-order valence-corrected chi connectivity index (χ3v) is 6.01. The van der Waals surface area contributed by atoms with E-state index in [4.69, 9.17) is 0 Å². The van der Waals surface area contributed by atoms with Crippen molar-refractivity contribution in [2.45, 2.75) is 51.2 Å². The Bertz CT molecular complexity index is 447. The molecule has 6 heteroatoms. The van der Waals surface area contributed by atoms with Crippen molar-refractivity contribution < 1.29 is 0 Å². The Morgan fingerprint density at radius 1 is 1.33 bits per heavy atom. The Morgan fingerprint density at radius 3 is 2.95 bits per heavy atom. The van der Waals surface area contributed by atoms with Gasteiger partial charge in [-0.15, -0.1) is 5.10 Å². The van der Waals surface area contributed by atoms with Crippen molar-refractivity contribution in [3.05, 3.63) is 0 Å². The second-order valence-electron chi connectivity index (χ2n) is 7.03. The van der Waals surface area contributed by atoms with Gasteiger partial charge in [0.15, 0.2) is 0 Å². The monoisotopic (exact) mass is 309 g/mol. The van der Waals surface area contributed by atoms with Crippen molar-refractivity contribution >= 4 is 11.8 Å². The Hall–Kier alpha value is -0.620. The van der Waals surface area contributed by atoms with Gasteiger partial charge >= 0.3 is 0 Å². The highest BCUT2D eigenvalue weighted by atomic mass is 32.2. The summed E-state index contributed by atoms with van der Waals surface area (Å²) in [6.45, 7) is 7.29. The molecule has 3 rings (SSSR count). The lowest BCUT2D eigenvalue weighted by Crippen LogP contribution is -2.24. The molecule has 2 aliphatic carbocycles. The summed E-state index contributed by atoms with van der Waals surface area (Å²) >= 11 is 1.85. The van der Waals surface area contributed by atoms with Crippen LogP contribution in [0.2, 0.25) is 0 Å². The summed E-state index contributed by atoms with van der Waals surface area (Å²) in [6.07, 6.45) is 5.86. The van der Waals surface area contributed by atoms with Crippen molar-refractivity contribution in [1.82, 2.24) is 25.5 Å². The predicted octanol–water partition coefficient (Wildman–Crippen LogP) is 2.45. The molecule has 1 heterocycles. The van der Waals surface area contributed by atoms with Crippen molar-refractivity contribution in [2.75, 3.05) is 18.8 Å². The van der Waals surface area contributed by atoms with Gasteiger partial charge in [0, 0.05) is 12.3 Å². The van der Waals surface area contributed by atoms with Crippen LogP contribution in [0.25, 0.3) is 0 Å². The molecule has 0 aliphatic heterocycles. The largest absolute Gasteiger partial charge is 0.315 e. The van der Waals surface area contributed by atoms with Gasteiger partial charge in [-0.2, -0.15) is 0 Å². The van der Waals surface area contributed by atoms with Gasteiger partial charge in [0.1, 0.15) is 0 Å². The minimum atomic E-state index is 0.686. The van der Waals surface area contributed by atoms with Crippen LogP contribution in [-0.4, -0.2) is 39.0 Å². The summed E-state index contributed by atoms with van der Waals surface area (Å²) in [5.74, 6) is 4.79. The van der Waals surface area contributed by atoms with E-state index >= 15 is 0 Å². The van der Waals surface area contributed by atoms with E-state index in [1.807, 2.05) is 16.4 Å². The van der Waals surface area contributed by atoms with Crippen LogP contribution in [0.5, 0.6) is 0 Å². The van der Waals surface area contributed by atoms with Crippen LogP contribution in [0.15, 0.2) is 5.16 Å². The van der Waals surface area contributed by atoms with Gasteiger partial charge in [-0.1, -0.05) is 32.0 Å². The summed E-state index contributed by atoms with van der Waals surface area (Å²) in [5.41, 5.74) is 0. The summed E-state index contributed by atoms with van der Waals surface area (Å²) in [6, 6.07) is 0. The molecular weight excluding hydrogens is 282 g/mol. The summed E-state index contributed by atoms with van der Waals surface area (Å²) in [4.78, 5) is 0. The summed E-state index contributed by atoms with van der Waals surface area (Å²) in [5, 5.41) is 16.6. The van der Waals surface area contributed by atoms with Crippen LogP contribution in [0.1, 0.15) is 39.5 Å². The van der Waals surface area contributed by atoms with Gasteiger partial charge in [-0.3, -0.25) is 0 Å². The molecule has 1 aromatic rings. The number of nitrogens with zero attached hydrogens (tertiary/aromatic N) is 4. The first-order chi connectivity index (χ1) is 10.2. The van der Waals surface area contributed by atoms with E-state index in [2.05, 4.69) is 34.7 Å². The molecule has 3 atom stereocenters. The van der Waals surface area contributed by atoms with Crippen LogP contribution in [0, 0.1) is 23.7 Å². The molecule has 0 saturated heterocycles. The van der Waals surface area contributed by atoms with E-state index in [9.17, 15) is 0 Å². The molecule has 5 nitrogen and oxygen atoms in total. The van der Waals surface area contributed by atoms with Crippen LogP contribution in [0.4, 0.5) is 0 Å². The van der Waals surface area contributed by atoms with Gasteiger partial charge in [-0.25, -0.2) is 4.68 Å². The van der Waals surface area contributed by atoms with Crippen LogP contribution < -0.4 is 5.32 Å². The zero-order valence-corrected chi connectivity index (χ0v) is 14.0. The lowest BCUT2D eigenvalue weighted by atomic mass is 9.90. The molecule has 0 spiro atoms. The molecule has 0 aromatic carbocycles. The second-order valence-corrected chi connectivity index (χ2v) is 8.02. The van der Waals surface area contributed by atoms with Gasteiger partial charge in [-0.05, 0) is 59.9 Å². The SMILES string of the molecule is CC(C)CNCCn1nnnc1SCC1CC2CCC1C2. The number of hydrogen-bond donors (Lipinski definition) is 1. The zero-order chi connectivity index (χ0) is 14.7. The Morgan fingerprint density at radius 2 is 2.24 bits per heavy atom. The molecule has 2 aliphatic rings. The number of nitrogens with one attached hydrogen (secondary N) is 1. The Labute approximate surface area is 131 Å². The fraction of sp³-hybridized carbons (Fsp3) is 0.933. The lowest BCUT2D eigenvalue weighted by Gasteiger charge is -2.20. The number of fused-ring (bicyclic) bond motifs is 2. The van der Waals surface area contributed by atoms with Crippen LogP contribution in [-0.2, 0) is 6.54 Å². The van der Waals surface area contributed by atoms with Gasteiger partial charge < -0.3 is 5.32 Å². The zero-order valence-electron chi connectivity index (χ0n) is 13.2. The maximum Gasteiger partial charge on any atom is 0.209 e. The van der Waals surface area contributed by atoms with Gasteiger partial charge in [0.25, 0.3) is 0 Å². The Kier molecular flexibility index (Phi) is 5.16. The quantitative estimate of drug-likeness (QED) is 0.590. The number of thioether (sulfide) groups is 1. The van der Waals surface area contributed by atoms with Gasteiger partial charge in [0.05, 0.1) is 6.54 Å². The molecule has 2 bridgehead atoms. The third kappa shape index (κ3) is 3.97. The molecule has 0 radical (unpaired) electrons. The summed E-state index contributed by atoms with van der Waals surface area (Å²) < 4.78 is 1.95. The maximum absolute atomic E-state index is 4.19. The van der Waals surface area contributed by atoms with Crippen molar-refractivity contribution in [3.63, 3.8) is 0 Å². The summed E-state index contributed by atoms with van der Waals surface area (Å²) in [7, 11) is 0. The Balaban J connectivity index is 1.42. The standard InChI is InChI=1S/C15H27N5S/c1-11(2)9-16-5-6-20-15(17-18-19-20)21-10-14-8-12-3-4-13(14)7-12/h11-14,16H,3-10H2,1-2H3. The highest BCUT2D eigenvalue weighted by Gasteiger charge is 2.39. The van der Waals surface area contributed by atoms with E-state index < -0.39 is 0 Å². The molecular formula is C15H27N5S. The van der Waals surface area contributed by atoms with E-state index in [0.29, 0.717) is 5.92 Å². The average Bonchev–Trinajstić information content (AvgIpc) is 3.17. The number of aromatic nitrogens is 4. The maximum atomic E-state index is 4.19. The molecule has 0 amide bonds. The van der Waals surface area contributed by atoms with E-state index in [1.165, 1.54) is 31.4 Å². The van der Waals surface area contributed by atoms with E-state index in [1.54, 1.807) is 0 Å². The average molecular weight is 309 g/mol. The molecule has 2 fully saturated rings. The van der Waals surface area contributed by atoms with Crippen molar-refractivity contribution in [1.29, 1.82) is 0 Å². The topological polar surface area (TPSA) is 55.6 Å². The molecule has 1 N–H and O–H groups in total. The normalized spacial score (nSPS) is 27.9. The van der Waals surface area contributed by atoms with Crippen LogP contribution in [0.3, 0.4) is 0 Å². The lowest BCUT2D eigenvalue weighted by molar-refractivity contribution is 0.365. The first kappa shape index (κ1) is 15.3. The minimum absolute atomic E-state index is 0.686. The van der Waals surface area contributed by atoms with E-state index in [-0.39, 0.29) is 0 Å².